The molecule has 1 saturated heterocycles. The highest BCUT2D eigenvalue weighted by Gasteiger charge is 2.09. The largest absolute Gasteiger partial charge is 0.492 e. The molecular formula is C16H20N4O2. The summed E-state index contributed by atoms with van der Waals surface area (Å²) in [5, 5.41) is 3.15. The summed E-state index contributed by atoms with van der Waals surface area (Å²) in [4.78, 5) is 10.6. The third-order valence-corrected chi connectivity index (χ3v) is 3.44. The standard InChI is InChI=1S/C16H20N4O2/c1-3-14(19-16-17-5-2-6-18-16)13-15(4-1)22-12-9-20-7-10-21-11-8-20/h1-6,13H,7-12H2,(H,17,18,19). The van der Waals surface area contributed by atoms with Crippen LogP contribution in [0.2, 0.25) is 0 Å². The predicted molar refractivity (Wildman–Crippen MR) is 84.5 cm³/mol. The molecule has 2 heterocycles. The van der Waals surface area contributed by atoms with E-state index in [0.717, 1.165) is 44.3 Å². The molecule has 1 aromatic carbocycles. The van der Waals surface area contributed by atoms with Gasteiger partial charge in [0.05, 0.1) is 13.2 Å². The number of aromatic nitrogens is 2. The molecule has 0 saturated carbocycles. The van der Waals surface area contributed by atoms with Gasteiger partial charge in [0, 0.05) is 43.8 Å². The molecule has 3 rings (SSSR count). The third-order valence-electron chi connectivity index (χ3n) is 3.44. The maximum atomic E-state index is 5.82. The monoisotopic (exact) mass is 300 g/mol. The molecule has 0 spiro atoms. The zero-order chi connectivity index (χ0) is 15.0. The highest BCUT2D eigenvalue weighted by Crippen LogP contribution is 2.19. The lowest BCUT2D eigenvalue weighted by atomic mass is 10.3. The van der Waals surface area contributed by atoms with Gasteiger partial charge in [-0.25, -0.2) is 9.97 Å². The number of hydrogen-bond acceptors (Lipinski definition) is 6. The number of anilines is 2. The lowest BCUT2D eigenvalue weighted by Gasteiger charge is -2.26. The zero-order valence-corrected chi connectivity index (χ0v) is 12.4. The highest BCUT2D eigenvalue weighted by atomic mass is 16.5. The average molecular weight is 300 g/mol. The fourth-order valence-electron chi connectivity index (χ4n) is 2.27. The molecular weight excluding hydrogens is 280 g/mol. The first-order chi connectivity index (χ1) is 10.9. The van der Waals surface area contributed by atoms with Crippen LogP contribution in [0.5, 0.6) is 5.75 Å². The Kier molecular flexibility index (Phi) is 5.18. The van der Waals surface area contributed by atoms with E-state index in [1.54, 1.807) is 18.5 Å². The predicted octanol–water partition coefficient (Wildman–Crippen LogP) is 1.93. The maximum absolute atomic E-state index is 5.82. The van der Waals surface area contributed by atoms with Gasteiger partial charge in [0.15, 0.2) is 0 Å². The van der Waals surface area contributed by atoms with Crippen LogP contribution in [0.4, 0.5) is 11.6 Å². The molecule has 6 heteroatoms. The minimum Gasteiger partial charge on any atom is -0.492 e. The van der Waals surface area contributed by atoms with Gasteiger partial charge in [-0.05, 0) is 18.2 Å². The molecule has 0 atom stereocenters. The van der Waals surface area contributed by atoms with E-state index in [9.17, 15) is 0 Å². The van der Waals surface area contributed by atoms with Gasteiger partial charge in [-0.15, -0.1) is 0 Å². The van der Waals surface area contributed by atoms with Gasteiger partial charge in [-0.3, -0.25) is 4.90 Å². The molecule has 6 nitrogen and oxygen atoms in total. The molecule has 0 amide bonds. The summed E-state index contributed by atoms with van der Waals surface area (Å²) in [5.74, 6) is 1.42. The highest BCUT2D eigenvalue weighted by molar-refractivity contribution is 5.55. The Bertz CT molecular complexity index is 573. The summed E-state index contributed by atoms with van der Waals surface area (Å²) in [6.07, 6.45) is 3.41. The molecule has 1 aromatic heterocycles. The van der Waals surface area contributed by atoms with Crippen LogP contribution >= 0.6 is 0 Å². The van der Waals surface area contributed by atoms with E-state index in [2.05, 4.69) is 20.2 Å². The maximum Gasteiger partial charge on any atom is 0.227 e. The van der Waals surface area contributed by atoms with Gasteiger partial charge in [0.2, 0.25) is 5.95 Å². The Hall–Kier alpha value is -2.18. The van der Waals surface area contributed by atoms with Crippen molar-refractivity contribution in [2.24, 2.45) is 0 Å². The minimum absolute atomic E-state index is 0.577. The van der Waals surface area contributed by atoms with Crippen molar-refractivity contribution in [1.29, 1.82) is 0 Å². The smallest absolute Gasteiger partial charge is 0.227 e. The van der Waals surface area contributed by atoms with E-state index in [-0.39, 0.29) is 0 Å². The van der Waals surface area contributed by atoms with Crippen LogP contribution in [0.25, 0.3) is 0 Å². The van der Waals surface area contributed by atoms with Gasteiger partial charge in [-0.2, -0.15) is 0 Å². The molecule has 1 aliphatic heterocycles. The van der Waals surface area contributed by atoms with E-state index in [1.807, 2.05) is 24.3 Å². The van der Waals surface area contributed by atoms with E-state index in [1.165, 1.54) is 0 Å². The van der Waals surface area contributed by atoms with Crippen molar-refractivity contribution >= 4 is 11.6 Å². The van der Waals surface area contributed by atoms with Crippen LogP contribution in [0, 0.1) is 0 Å². The van der Waals surface area contributed by atoms with Gasteiger partial charge >= 0.3 is 0 Å². The normalized spacial score (nSPS) is 15.5. The fourth-order valence-corrected chi connectivity index (χ4v) is 2.27. The third kappa shape index (κ3) is 4.41. The molecule has 0 aliphatic carbocycles. The van der Waals surface area contributed by atoms with E-state index in [0.29, 0.717) is 12.6 Å². The lowest BCUT2D eigenvalue weighted by molar-refractivity contribution is 0.0322. The number of nitrogens with one attached hydrogen (secondary N) is 1. The molecule has 0 bridgehead atoms. The Morgan fingerprint density at radius 1 is 1.14 bits per heavy atom. The van der Waals surface area contributed by atoms with Crippen molar-refractivity contribution in [3.8, 4) is 5.75 Å². The van der Waals surface area contributed by atoms with Crippen LogP contribution in [0.3, 0.4) is 0 Å². The fraction of sp³-hybridized carbons (Fsp3) is 0.375. The van der Waals surface area contributed by atoms with Gasteiger partial charge in [-0.1, -0.05) is 6.07 Å². The molecule has 2 aromatic rings. The Morgan fingerprint density at radius 3 is 2.77 bits per heavy atom. The Balaban J connectivity index is 1.50. The Morgan fingerprint density at radius 2 is 1.95 bits per heavy atom. The van der Waals surface area contributed by atoms with E-state index >= 15 is 0 Å². The number of benzene rings is 1. The molecule has 0 radical (unpaired) electrons. The molecule has 0 unspecified atom stereocenters. The second-order valence-corrected chi connectivity index (χ2v) is 5.03. The quantitative estimate of drug-likeness (QED) is 0.879. The minimum atomic E-state index is 0.577. The average Bonchev–Trinajstić information content (AvgIpc) is 2.57. The molecule has 22 heavy (non-hydrogen) atoms. The van der Waals surface area contributed by atoms with Crippen molar-refractivity contribution in [1.82, 2.24) is 14.9 Å². The van der Waals surface area contributed by atoms with E-state index in [4.69, 9.17) is 9.47 Å². The van der Waals surface area contributed by atoms with Gasteiger partial charge in [0.25, 0.3) is 0 Å². The second-order valence-electron chi connectivity index (χ2n) is 5.03. The van der Waals surface area contributed by atoms with Crippen LogP contribution in [0.1, 0.15) is 0 Å². The van der Waals surface area contributed by atoms with Gasteiger partial charge in [0.1, 0.15) is 12.4 Å². The van der Waals surface area contributed by atoms with Crippen molar-refractivity contribution < 1.29 is 9.47 Å². The van der Waals surface area contributed by atoms with Crippen LogP contribution < -0.4 is 10.1 Å². The number of ether oxygens (including phenoxy) is 2. The van der Waals surface area contributed by atoms with Crippen molar-refractivity contribution in [2.45, 2.75) is 0 Å². The van der Waals surface area contributed by atoms with Gasteiger partial charge < -0.3 is 14.8 Å². The molecule has 1 aliphatic rings. The van der Waals surface area contributed by atoms with Crippen molar-refractivity contribution in [3.63, 3.8) is 0 Å². The Labute approximate surface area is 130 Å². The molecule has 1 N–H and O–H groups in total. The number of rotatable bonds is 6. The number of hydrogen-bond donors (Lipinski definition) is 1. The number of morpholine rings is 1. The van der Waals surface area contributed by atoms with Crippen molar-refractivity contribution in [2.75, 3.05) is 44.8 Å². The first-order valence-corrected chi connectivity index (χ1v) is 7.47. The zero-order valence-electron chi connectivity index (χ0n) is 12.4. The lowest BCUT2D eigenvalue weighted by Crippen LogP contribution is -2.38. The topological polar surface area (TPSA) is 59.5 Å². The summed E-state index contributed by atoms with van der Waals surface area (Å²) in [6.45, 7) is 5.19. The molecule has 1 fully saturated rings. The first-order valence-electron chi connectivity index (χ1n) is 7.47. The van der Waals surface area contributed by atoms with Crippen LogP contribution in [-0.4, -0.2) is 54.3 Å². The SMILES string of the molecule is c1cnc(Nc2cccc(OCCN3CCOCC3)c2)nc1. The summed E-state index contributed by atoms with van der Waals surface area (Å²) in [5.41, 5.74) is 0.912. The molecule has 116 valence electrons. The van der Waals surface area contributed by atoms with Crippen LogP contribution in [-0.2, 0) is 4.74 Å². The summed E-state index contributed by atoms with van der Waals surface area (Å²) >= 11 is 0. The first kappa shape index (κ1) is 14.7. The number of nitrogens with zero attached hydrogens (tertiary/aromatic N) is 3. The summed E-state index contributed by atoms with van der Waals surface area (Å²) < 4.78 is 11.2. The summed E-state index contributed by atoms with van der Waals surface area (Å²) in [7, 11) is 0. The summed E-state index contributed by atoms with van der Waals surface area (Å²) in [6, 6.07) is 9.61. The van der Waals surface area contributed by atoms with Crippen LogP contribution in [0.15, 0.2) is 42.7 Å². The van der Waals surface area contributed by atoms with E-state index < -0.39 is 0 Å². The second kappa shape index (κ2) is 7.72. The van der Waals surface area contributed by atoms with Crippen molar-refractivity contribution in [3.05, 3.63) is 42.7 Å².